The van der Waals surface area contributed by atoms with E-state index in [-0.39, 0.29) is 19.4 Å². The first kappa shape index (κ1) is 57.4. The summed E-state index contributed by atoms with van der Waals surface area (Å²) in [5, 5.41) is 8.90. The third-order valence-electron chi connectivity index (χ3n) is 10.0. The lowest BCUT2D eigenvalue weighted by Crippen LogP contribution is -2.34. The van der Waals surface area contributed by atoms with Crippen molar-refractivity contribution in [1.29, 1.82) is 0 Å². The molecule has 0 aliphatic carbocycles. The second kappa shape index (κ2) is 43.1. The molecule has 3 atom stereocenters. The summed E-state index contributed by atoms with van der Waals surface area (Å²) >= 11 is 0. The summed E-state index contributed by atoms with van der Waals surface area (Å²) in [7, 11) is -4.73. The highest BCUT2D eigenvalue weighted by atomic mass is 31.2. The first-order valence-corrected chi connectivity index (χ1v) is 25.2. The van der Waals surface area contributed by atoms with Gasteiger partial charge in [-0.25, -0.2) is 4.57 Å². The molecule has 0 aliphatic heterocycles. The molecule has 0 rings (SSSR count). The number of unbranched alkanes of at least 4 members (excludes halogenated alkanes) is 22. The minimum Gasteiger partial charge on any atom is -0.480 e. The van der Waals surface area contributed by atoms with Crippen molar-refractivity contribution in [3.8, 4) is 0 Å². The molecule has 0 radical (unpaired) electrons. The Balaban J connectivity index is 4.38. The highest BCUT2D eigenvalue weighted by Crippen LogP contribution is 2.43. The molecule has 0 aromatic carbocycles. The highest BCUT2D eigenvalue weighted by molar-refractivity contribution is 7.47. The first-order chi connectivity index (χ1) is 29.1. The van der Waals surface area contributed by atoms with E-state index in [0.717, 1.165) is 38.5 Å². The van der Waals surface area contributed by atoms with Crippen LogP contribution in [0.3, 0.4) is 0 Å². The van der Waals surface area contributed by atoms with Crippen molar-refractivity contribution < 1.29 is 47.5 Å². The molecule has 0 spiro atoms. The molecule has 11 nitrogen and oxygen atoms in total. The van der Waals surface area contributed by atoms with Gasteiger partial charge in [0.15, 0.2) is 6.10 Å². The van der Waals surface area contributed by atoms with Gasteiger partial charge in [0.05, 0.1) is 13.2 Å². The van der Waals surface area contributed by atoms with Gasteiger partial charge in [-0.05, 0) is 70.6 Å². The van der Waals surface area contributed by atoms with Crippen molar-refractivity contribution >= 4 is 25.7 Å². The van der Waals surface area contributed by atoms with Crippen LogP contribution >= 0.6 is 7.82 Å². The molecule has 0 fully saturated rings. The molecule has 0 bridgehead atoms. The summed E-state index contributed by atoms with van der Waals surface area (Å²) in [4.78, 5) is 46.0. The quantitative estimate of drug-likeness (QED) is 0.0230. The van der Waals surface area contributed by atoms with Crippen LogP contribution in [0.25, 0.3) is 0 Å². The van der Waals surface area contributed by atoms with Crippen LogP contribution in [0.15, 0.2) is 48.6 Å². The average Bonchev–Trinajstić information content (AvgIpc) is 3.22. The van der Waals surface area contributed by atoms with E-state index < -0.39 is 51.1 Å². The molecule has 0 heterocycles. The van der Waals surface area contributed by atoms with E-state index in [1.165, 1.54) is 122 Å². The fraction of sp³-hybridized carbons (Fsp3) is 0.771. The van der Waals surface area contributed by atoms with E-state index >= 15 is 0 Å². The van der Waals surface area contributed by atoms with Gasteiger partial charge >= 0.3 is 25.7 Å². The minimum atomic E-state index is -4.73. The number of phosphoric acid groups is 1. The molecule has 4 N–H and O–H groups in total. The smallest absolute Gasteiger partial charge is 0.472 e. The van der Waals surface area contributed by atoms with E-state index in [4.69, 9.17) is 24.8 Å². The molecule has 348 valence electrons. The number of ether oxygens (including phenoxy) is 2. The van der Waals surface area contributed by atoms with Crippen molar-refractivity contribution in [1.82, 2.24) is 0 Å². The number of hydrogen-bond donors (Lipinski definition) is 3. The molecule has 1 unspecified atom stereocenters. The summed E-state index contributed by atoms with van der Waals surface area (Å²) in [6.07, 6.45) is 49.0. The largest absolute Gasteiger partial charge is 0.480 e. The fourth-order valence-electron chi connectivity index (χ4n) is 6.31. The van der Waals surface area contributed by atoms with Crippen LogP contribution in [-0.4, -0.2) is 59.9 Å². The Kier molecular flexibility index (Phi) is 41.3. The summed E-state index contributed by atoms with van der Waals surface area (Å²) in [5.74, 6) is -2.45. The number of hydrogen-bond acceptors (Lipinski definition) is 9. The van der Waals surface area contributed by atoms with E-state index in [0.29, 0.717) is 19.3 Å². The van der Waals surface area contributed by atoms with Gasteiger partial charge in [-0.15, -0.1) is 0 Å². The van der Waals surface area contributed by atoms with Crippen molar-refractivity contribution in [2.45, 2.75) is 219 Å². The molecular formula is C48H86NO10P. The van der Waals surface area contributed by atoms with Crippen LogP contribution in [0.1, 0.15) is 206 Å². The number of carbonyl (C=O) groups is 3. The zero-order valence-corrected chi connectivity index (χ0v) is 38.7. The summed E-state index contributed by atoms with van der Waals surface area (Å²) in [6.45, 7) is 2.75. The lowest BCUT2D eigenvalue weighted by atomic mass is 10.1. The van der Waals surface area contributed by atoms with Crippen molar-refractivity contribution in [3.05, 3.63) is 48.6 Å². The average molecular weight is 868 g/mol. The Bertz CT molecular complexity index is 1200. The van der Waals surface area contributed by atoms with Gasteiger partial charge in [-0.1, -0.05) is 172 Å². The van der Waals surface area contributed by atoms with Crippen LogP contribution < -0.4 is 5.73 Å². The summed E-state index contributed by atoms with van der Waals surface area (Å²) < 4.78 is 32.7. The maximum atomic E-state index is 12.6. The number of esters is 2. The molecule has 12 heteroatoms. The summed E-state index contributed by atoms with van der Waals surface area (Å²) in [5.41, 5.74) is 5.34. The van der Waals surface area contributed by atoms with Gasteiger partial charge in [0.2, 0.25) is 0 Å². The third-order valence-corrected chi connectivity index (χ3v) is 11.0. The van der Waals surface area contributed by atoms with Gasteiger partial charge in [-0.2, -0.15) is 0 Å². The molecular weight excluding hydrogens is 781 g/mol. The normalized spacial score (nSPS) is 14.1. The highest BCUT2D eigenvalue weighted by Gasteiger charge is 2.28. The van der Waals surface area contributed by atoms with E-state index in [9.17, 15) is 23.8 Å². The van der Waals surface area contributed by atoms with Gasteiger partial charge in [-0.3, -0.25) is 23.4 Å². The minimum absolute atomic E-state index is 0.0888. The Labute approximate surface area is 365 Å². The number of carboxylic acids is 1. The fourth-order valence-corrected chi connectivity index (χ4v) is 7.09. The number of rotatable bonds is 44. The molecule has 0 saturated heterocycles. The van der Waals surface area contributed by atoms with Gasteiger partial charge in [0.25, 0.3) is 0 Å². The monoisotopic (exact) mass is 868 g/mol. The zero-order valence-electron chi connectivity index (χ0n) is 37.8. The van der Waals surface area contributed by atoms with Gasteiger partial charge in [0, 0.05) is 12.8 Å². The third kappa shape index (κ3) is 42.1. The lowest BCUT2D eigenvalue weighted by molar-refractivity contribution is -0.161. The second-order valence-electron chi connectivity index (χ2n) is 15.9. The van der Waals surface area contributed by atoms with E-state index in [2.05, 4.69) is 54.8 Å². The van der Waals surface area contributed by atoms with Crippen molar-refractivity contribution in [3.63, 3.8) is 0 Å². The Morgan fingerprint density at radius 1 is 0.517 bits per heavy atom. The molecule has 0 aliphatic rings. The number of allylic oxidation sites excluding steroid dienone is 8. The molecule has 0 aromatic heterocycles. The Morgan fingerprint density at radius 3 is 1.38 bits per heavy atom. The van der Waals surface area contributed by atoms with Crippen molar-refractivity contribution in [2.75, 3.05) is 19.8 Å². The number of aliphatic carboxylic acids is 1. The maximum Gasteiger partial charge on any atom is 0.472 e. The maximum absolute atomic E-state index is 12.6. The number of nitrogens with two attached hydrogens (primary N) is 1. The second-order valence-corrected chi connectivity index (χ2v) is 17.3. The zero-order chi connectivity index (χ0) is 44.2. The SMILES string of the molecule is CCCCCCCC/C=C\C/C=C\C/C=C\CCCC(=O)O[C@H](COC(=O)CCCCCCCCCCC/C=C\CCCCCCCC)COP(=O)(O)OC[C@H](N)C(=O)O. The van der Waals surface area contributed by atoms with E-state index in [1.54, 1.807) is 0 Å². The molecule has 0 aromatic rings. The topological polar surface area (TPSA) is 172 Å². The van der Waals surface area contributed by atoms with Gasteiger partial charge < -0.3 is 25.2 Å². The molecule has 0 saturated carbocycles. The number of carbonyl (C=O) groups excluding carboxylic acids is 2. The Morgan fingerprint density at radius 2 is 0.900 bits per heavy atom. The van der Waals surface area contributed by atoms with Crippen LogP contribution in [0.4, 0.5) is 0 Å². The van der Waals surface area contributed by atoms with Crippen LogP contribution in [0, 0.1) is 0 Å². The molecule has 60 heavy (non-hydrogen) atoms. The van der Waals surface area contributed by atoms with E-state index in [1.807, 2.05) is 12.2 Å². The first-order valence-electron chi connectivity index (χ1n) is 23.7. The summed E-state index contributed by atoms with van der Waals surface area (Å²) in [6, 6.07) is -1.53. The predicted octanol–water partition coefficient (Wildman–Crippen LogP) is 13.0. The Hall–Kier alpha value is -2.56. The number of carboxylic acid groups (broad SMARTS) is 1. The van der Waals surface area contributed by atoms with Crippen LogP contribution in [0.2, 0.25) is 0 Å². The lowest BCUT2D eigenvalue weighted by Gasteiger charge is -2.20. The van der Waals surface area contributed by atoms with Crippen molar-refractivity contribution in [2.24, 2.45) is 5.73 Å². The molecule has 0 amide bonds. The number of phosphoric ester groups is 1. The van der Waals surface area contributed by atoms with Crippen LogP contribution in [0.5, 0.6) is 0 Å². The predicted molar refractivity (Wildman–Crippen MR) is 245 cm³/mol. The van der Waals surface area contributed by atoms with Crippen LogP contribution in [-0.2, 0) is 37.5 Å². The standard InChI is InChI=1S/C48H86NO10P/c1-3-5-7-9-11-13-15-17-19-21-22-24-25-27-29-31-33-35-37-39-46(50)56-41-44(42-57-60(54,55)58-43-45(49)48(52)53)59-47(51)40-38-36-34-32-30-28-26-23-20-18-16-14-12-10-8-6-4-2/h17-20,26,28,32,34,44-45H,3-16,21-25,27,29-31,33,35-43,49H2,1-2H3,(H,52,53)(H,54,55)/b19-17-,20-18-,28-26-,34-32-/t44-,45+/m1/s1. The van der Waals surface area contributed by atoms with Gasteiger partial charge in [0.1, 0.15) is 12.6 Å².